The minimum Gasteiger partial charge on any atom is -0.353 e. The zero-order valence-corrected chi connectivity index (χ0v) is 10.9. The molecule has 1 aromatic rings. The summed E-state index contributed by atoms with van der Waals surface area (Å²) in [4.78, 5) is 6.81. The largest absolute Gasteiger partial charge is 0.353 e. The fourth-order valence-corrected chi connectivity index (χ4v) is 2.02. The number of pyridine rings is 1. The van der Waals surface area contributed by atoms with Crippen molar-refractivity contribution in [1.82, 2.24) is 10.3 Å². The molecule has 0 saturated heterocycles. The van der Waals surface area contributed by atoms with Gasteiger partial charge in [0, 0.05) is 25.3 Å². The van der Waals surface area contributed by atoms with Gasteiger partial charge in [-0.1, -0.05) is 11.6 Å². The lowest BCUT2D eigenvalue weighted by Crippen LogP contribution is -2.29. The van der Waals surface area contributed by atoms with E-state index in [9.17, 15) is 0 Å². The van der Waals surface area contributed by atoms with E-state index in [2.05, 4.69) is 47.3 Å². The summed E-state index contributed by atoms with van der Waals surface area (Å²) in [5.74, 6) is 1.09. The standard InChI is InChI=1S/C14H21N3/c1-11-5-8-17(9-6-11)14-10-13(4-7-16-14)12(2)15-3/h4-5,7,10,12,15H,6,8-9H2,1-3H3. The van der Waals surface area contributed by atoms with Gasteiger partial charge in [0.05, 0.1) is 0 Å². The van der Waals surface area contributed by atoms with Crippen LogP contribution in [0.2, 0.25) is 0 Å². The molecule has 1 aliphatic rings. The van der Waals surface area contributed by atoms with E-state index in [0.29, 0.717) is 6.04 Å². The van der Waals surface area contributed by atoms with Crippen LogP contribution in [0.1, 0.15) is 31.9 Å². The predicted octanol–water partition coefficient (Wildman–Crippen LogP) is 2.52. The van der Waals surface area contributed by atoms with Crippen LogP contribution >= 0.6 is 0 Å². The third kappa shape index (κ3) is 2.86. The van der Waals surface area contributed by atoms with Crippen LogP contribution in [-0.4, -0.2) is 25.1 Å². The van der Waals surface area contributed by atoms with E-state index in [0.717, 1.165) is 25.3 Å². The molecular formula is C14H21N3. The van der Waals surface area contributed by atoms with E-state index in [1.54, 1.807) is 0 Å². The molecule has 1 aliphatic heterocycles. The Balaban J connectivity index is 2.16. The van der Waals surface area contributed by atoms with Gasteiger partial charge in [-0.15, -0.1) is 0 Å². The summed E-state index contributed by atoms with van der Waals surface area (Å²) in [6, 6.07) is 4.64. The molecule has 0 fully saturated rings. The zero-order valence-electron chi connectivity index (χ0n) is 10.9. The normalized spacial score (nSPS) is 17.8. The van der Waals surface area contributed by atoms with Crippen molar-refractivity contribution >= 4 is 5.82 Å². The first-order valence-electron chi connectivity index (χ1n) is 6.24. The van der Waals surface area contributed by atoms with Gasteiger partial charge in [0.1, 0.15) is 5.82 Å². The van der Waals surface area contributed by atoms with Gasteiger partial charge in [-0.05, 0) is 45.0 Å². The topological polar surface area (TPSA) is 28.2 Å². The number of hydrogen-bond donors (Lipinski definition) is 1. The molecule has 2 heterocycles. The number of nitrogens with one attached hydrogen (secondary N) is 1. The first kappa shape index (κ1) is 12.1. The van der Waals surface area contributed by atoms with Crippen molar-refractivity contribution in [1.29, 1.82) is 0 Å². The van der Waals surface area contributed by atoms with Crippen LogP contribution in [0.5, 0.6) is 0 Å². The zero-order chi connectivity index (χ0) is 12.3. The molecule has 0 amide bonds. The van der Waals surface area contributed by atoms with Crippen LogP contribution in [0.4, 0.5) is 5.82 Å². The average Bonchev–Trinajstić information content (AvgIpc) is 2.39. The van der Waals surface area contributed by atoms with E-state index in [1.807, 2.05) is 13.2 Å². The summed E-state index contributed by atoms with van der Waals surface area (Å²) in [6.45, 7) is 6.42. The van der Waals surface area contributed by atoms with E-state index >= 15 is 0 Å². The molecule has 0 aliphatic carbocycles. The van der Waals surface area contributed by atoms with Crippen molar-refractivity contribution in [2.45, 2.75) is 26.3 Å². The molecule has 1 N–H and O–H groups in total. The van der Waals surface area contributed by atoms with E-state index < -0.39 is 0 Å². The highest BCUT2D eigenvalue weighted by atomic mass is 15.2. The minimum atomic E-state index is 0.374. The molecule has 3 heteroatoms. The summed E-state index contributed by atoms with van der Waals surface area (Å²) < 4.78 is 0. The smallest absolute Gasteiger partial charge is 0.129 e. The molecule has 0 saturated carbocycles. The number of anilines is 1. The Morgan fingerprint density at radius 3 is 2.94 bits per heavy atom. The summed E-state index contributed by atoms with van der Waals surface area (Å²) in [6.07, 6.45) is 5.34. The van der Waals surface area contributed by atoms with E-state index in [4.69, 9.17) is 0 Å². The minimum absolute atomic E-state index is 0.374. The maximum atomic E-state index is 4.47. The average molecular weight is 231 g/mol. The number of nitrogens with zero attached hydrogens (tertiary/aromatic N) is 2. The van der Waals surface area contributed by atoms with Gasteiger partial charge in [-0.25, -0.2) is 4.98 Å². The Morgan fingerprint density at radius 1 is 1.47 bits per heavy atom. The fraction of sp³-hybridized carbons (Fsp3) is 0.500. The van der Waals surface area contributed by atoms with Gasteiger partial charge in [-0.3, -0.25) is 0 Å². The first-order valence-corrected chi connectivity index (χ1v) is 6.24. The van der Waals surface area contributed by atoms with Crippen molar-refractivity contribution in [3.63, 3.8) is 0 Å². The van der Waals surface area contributed by atoms with Gasteiger partial charge in [-0.2, -0.15) is 0 Å². The second-order valence-corrected chi connectivity index (χ2v) is 4.70. The van der Waals surface area contributed by atoms with Crippen LogP contribution in [0.25, 0.3) is 0 Å². The molecule has 1 unspecified atom stereocenters. The monoisotopic (exact) mass is 231 g/mol. The Labute approximate surface area is 104 Å². The summed E-state index contributed by atoms with van der Waals surface area (Å²) in [5.41, 5.74) is 2.78. The molecule has 0 aromatic carbocycles. The molecule has 92 valence electrons. The van der Waals surface area contributed by atoms with Crippen LogP contribution < -0.4 is 10.2 Å². The summed E-state index contributed by atoms with van der Waals surface area (Å²) >= 11 is 0. The van der Waals surface area contributed by atoms with Crippen LogP contribution in [0.15, 0.2) is 30.0 Å². The lowest BCUT2D eigenvalue weighted by atomic mass is 10.1. The second-order valence-electron chi connectivity index (χ2n) is 4.70. The van der Waals surface area contributed by atoms with Gasteiger partial charge in [0.25, 0.3) is 0 Å². The van der Waals surface area contributed by atoms with Crippen LogP contribution in [-0.2, 0) is 0 Å². The van der Waals surface area contributed by atoms with Crippen molar-refractivity contribution < 1.29 is 0 Å². The predicted molar refractivity (Wildman–Crippen MR) is 72.3 cm³/mol. The molecule has 17 heavy (non-hydrogen) atoms. The lowest BCUT2D eigenvalue weighted by molar-refractivity contribution is 0.650. The lowest BCUT2D eigenvalue weighted by Gasteiger charge is -2.27. The molecule has 0 bridgehead atoms. The SMILES string of the molecule is CNC(C)c1ccnc(N2CC=C(C)CC2)c1. The van der Waals surface area contributed by atoms with Gasteiger partial charge in [0.2, 0.25) is 0 Å². The Kier molecular flexibility index (Phi) is 3.79. The molecule has 0 spiro atoms. The van der Waals surface area contributed by atoms with Crippen LogP contribution in [0.3, 0.4) is 0 Å². The van der Waals surface area contributed by atoms with Gasteiger partial charge >= 0.3 is 0 Å². The van der Waals surface area contributed by atoms with Crippen LogP contribution in [0, 0.1) is 0 Å². The van der Waals surface area contributed by atoms with Crippen molar-refractivity contribution in [2.24, 2.45) is 0 Å². The number of hydrogen-bond acceptors (Lipinski definition) is 3. The second kappa shape index (κ2) is 5.32. The molecule has 1 aromatic heterocycles. The maximum absolute atomic E-state index is 4.47. The third-order valence-corrected chi connectivity index (χ3v) is 3.46. The Bertz CT molecular complexity index is 412. The van der Waals surface area contributed by atoms with Crippen molar-refractivity contribution in [3.8, 4) is 0 Å². The van der Waals surface area contributed by atoms with Gasteiger partial charge < -0.3 is 10.2 Å². The van der Waals surface area contributed by atoms with E-state index in [1.165, 1.54) is 11.1 Å². The van der Waals surface area contributed by atoms with Crippen molar-refractivity contribution in [3.05, 3.63) is 35.5 Å². The van der Waals surface area contributed by atoms with Gasteiger partial charge in [0.15, 0.2) is 0 Å². The summed E-state index contributed by atoms with van der Waals surface area (Å²) in [7, 11) is 1.98. The highest BCUT2D eigenvalue weighted by molar-refractivity contribution is 5.43. The third-order valence-electron chi connectivity index (χ3n) is 3.46. The number of aromatic nitrogens is 1. The number of rotatable bonds is 3. The Morgan fingerprint density at radius 2 is 2.29 bits per heavy atom. The Hall–Kier alpha value is -1.35. The van der Waals surface area contributed by atoms with Crippen molar-refractivity contribution in [2.75, 3.05) is 25.0 Å². The molecule has 3 nitrogen and oxygen atoms in total. The van der Waals surface area contributed by atoms with E-state index in [-0.39, 0.29) is 0 Å². The highest BCUT2D eigenvalue weighted by Crippen LogP contribution is 2.20. The summed E-state index contributed by atoms with van der Waals surface area (Å²) in [5, 5.41) is 3.26. The molecule has 2 rings (SSSR count). The molecule has 1 atom stereocenters. The molecular weight excluding hydrogens is 210 g/mol. The molecule has 0 radical (unpaired) electrons. The fourth-order valence-electron chi connectivity index (χ4n) is 2.02. The highest BCUT2D eigenvalue weighted by Gasteiger charge is 2.12. The maximum Gasteiger partial charge on any atom is 0.129 e. The quantitative estimate of drug-likeness (QED) is 0.810. The first-order chi connectivity index (χ1) is 8.20.